The lowest BCUT2D eigenvalue weighted by molar-refractivity contribution is 0.275. The number of hydrogen-bond donors (Lipinski definition) is 5. The van der Waals surface area contributed by atoms with Gasteiger partial charge in [-0.25, -0.2) is 4.57 Å². The van der Waals surface area contributed by atoms with Crippen LogP contribution in [0.4, 0.5) is 5.69 Å². The van der Waals surface area contributed by atoms with Gasteiger partial charge < -0.3 is 29.8 Å². The van der Waals surface area contributed by atoms with Crippen molar-refractivity contribution in [2.75, 3.05) is 19.0 Å². The number of hydrogen-bond acceptors (Lipinski definition) is 4. The quantitative estimate of drug-likeness (QED) is 0.363. The fourth-order valence-corrected chi connectivity index (χ4v) is 3.20. The lowest BCUT2D eigenvalue weighted by Crippen LogP contribution is -2.21. The molecule has 3 aromatic carbocycles. The summed E-state index contributed by atoms with van der Waals surface area (Å²) in [6.07, 6.45) is 4.27. The minimum absolute atomic E-state index is 0.243. The maximum atomic E-state index is 10.2. The summed E-state index contributed by atoms with van der Waals surface area (Å²) in [5.74, 6) is 0.497. The Morgan fingerprint density at radius 3 is 1.91 bits per heavy atom. The SMILES string of the molecule is CN(C)c1cc(C(C)(C=Cc2ccccc2)c2ccc(O)cc2)ccc1O.O=P(O)(O)O. The third-order valence-corrected chi connectivity index (χ3v) is 4.93. The molecule has 32 heavy (non-hydrogen) atoms. The highest BCUT2D eigenvalue weighted by molar-refractivity contribution is 7.45. The van der Waals surface area contributed by atoms with Crippen LogP contribution >= 0.6 is 7.82 Å². The first kappa shape index (κ1) is 25.2. The number of phenolic OH excluding ortho intramolecular Hbond substituents is 2. The molecule has 0 spiro atoms. The van der Waals surface area contributed by atoms with Crippen LogP contribution in [0, 0.1) is 0 Å². The van der Waals surface area contributed by atoms with Crippen LogP contribution in [0.1, 0.15) is 23.6 Å². The second-order valence-electron chi connectivity index (χ2n) is 7.60. The molecule has 0 radical (unpaired) electrons. The van der Waals surface area contributed by atoms with Gasteiger partial charge in [-0.15, -0.1) is 0 Å². The van der Waals surface area contributed by atoms with Crippen LogP contribution in [0.3, 0.4) is 0 Å². The van der Waals surface area contributed by atoms with Crippen LogP contribution in [-0.2, 0) is 9.98 Å². The first-order valence-electron chi connectivity index (χ1n) is 9.73. The second kappa shape index (κ2) is 10.5. The zero-order valence-corrected chi connectivity index (χ0v) is 19.0. The van der Waals surface area contributed by atoms with Crippen molar-refractivity contribution in [3.05, 3.63) is 95.6 Å². The van der Waals surface area contributed by atoms with E-state index in [9.17, 15) is 10.2 Å². The number of anilines is 1. The average molecular weight is 457 g/mol. The van der Waals surface area contributed by atoms with Gasteiger partial charge in [-0.2, -0.15) is 0 Å². The molecular formula is C24H28NO6P. The van der Waals surface area contributed by atoms with Gasteiger partial charge in [0.2, 0.25) is 0 Å². The monoisotopic (exact) mass is 457 g/mol. The van der Waals surface area contributed by atoms with Crippen molar-refractivity contribution in [3.63, 3.8) is 0 Å². The van der Waals surface area contributed by atoms with Crippen molar-refractivity contribution in [1.29, 1.82) is 0 Å². The third kappa shape index (κ3) is 7.25. The molecule has 3 aromatic rings. The molecule has 0 heterocycles. The summed E-state index contributed by atoms with van der Waals surface area (Å²) in [4.78, 5) is 23.5. The van der Waals surface area contributed by atoms with Gasteiger partial charge in [0, 0.05) is 19.5 Å². The van der Waals surface area contributed by atoms with E-state index in [2.05, 4.69) is 31.2 Å². The first-order chi connectivity index (χ1) is 14.9. The van der Waals surface area contributed by atoms with E-state index in [1.807, 2.05) is 61.5 Å². The topological polar surface area (TPSA) is 121 Å². The molecule has 5 N–H and O–H groups in total. The number of allylic oxidation sites excluding steroid dienone is 1. The van der Waals surface area contributed by atoms with Gasteiger partial charge in [0.05, 0.1) is 5.69 Å². The lowest BCUT2D eigenvalue weighted by Gasteiger charge is -2.29. The summed E-state index contributed by atoms with van der Waals surface area (Å²) in [5, 5.41) is 19.9. The standard InChI is InChI=1S/C24H25NO2.H3O4P/c1-24(19-9-12-21(26)13-10-19,16-15-18-7-5-4-6-8-18)20-11-14-23(27)22(17-20)25(2)3;1-5(2,3)4/h4-17,26-27H,1-3H3;(H3,1,2,3,4). The number of phenols is 2. The van der Waals surface area contributed by atoms with Crippen molar-refractivity contribution in [3.8, 4) is 11.5 Å². The Morgan fingerprint density at radius 2 is 1.38 bits per heavy atom. The van der Waals surface area contributed by atoms with Gasteiger partial charge in [-0.3, -0.25) is 0 Å². The van der Waals surface area contributed by atoms with E-state index in [4.69, 9.17) is 19.2 Å². The summed E-state index contributed by atoms with van der Waals surface area (Å²) in [7, 11) is -0.812. The van der Waals surface area contributed by atoms with Crippen LogP contribution < -0.4 is 4.90 Å². The Morgan fingerprint density at radius 1 is 0.844 bits per heavy atom. The number of rotatable bonds is 5. The minimum Gasteiger partial charge on any atom is -0.508 e. The predicted octanol–water partition coefficient (Wildman–Crippen LogP) is 4.25. The van der Waals surface area contributed by atoms with Crippen molar-refractivity contribution >= 4 is 19.6 Å². The molecule has 7 nitrogen and oxygen atoms in total. The fourth-order valence-electron chi connectivity index (χ4n) is 3.20. The zero-order valence-electron chi connectivity index (χ0n) is 18.1. The number of benzene rings is 3. The largest absolute Gasteiger partial charge is 0.508 e. The average Bonchev–Trinajstić information content (AvgIpc) is 2.72. The maximum Gasteiger partial charge on any atom is 0.466 e. The molecule has 0 fully saturated rings. The smallest absolute Gasteiger partial charge is 0.466 e. The number of phosphoric acid groups is 1. The lowest BCUT2D eigenvalue weighted by atomic mass is 9.75. The highest BCUT2D eigenvalue weighted by Gasteiger charge is 2.27. The molecule has 170 valence electrons. The van der Waals surface area contributed by atoms with Crippen LogP contribution in [0.15, 0.2) is 78.9 Å². The number of aromatic hydroxyl groups is 2. The van der Waals surface area contributed by atoms with Gasteiger partial charge in [-0.1, -0.05) is 60.7 Å². The summed E-state index contributed by atoms with van der Waals surface area (Å²) in [6, 6.07) is 23.1. The number of nitrogens with zero attached hydrogens (tertiary/aromatic N) is 1. The molecule has 1 unspecified atom stereocenters. The Balaban J connectivity index is 0.000000654. The van der Waals surface area contributed by atoms with Crippen LogP contribution in [0.2, 0.25) is 0 Å². The Kier molecular flexibility index (Phi) is 8.25. The zero-order chi connectivity index (χ0) is 23.9. The fraction of sp³-hybridized carbons (Fsp3) is 0.167. The molecule has 0 aliphatic carbocycles. The van der Waals surface area contributed by atoms with Crippen molar-refractivity contribution in [2.24, 2.45) is 0 Å². The van der Waals surface area contributed by atoms with Gasteiger partial charge in [-0.05, 0) is 47.9 Å². The molecule has 0 saturated carbocycles. The van der Waals surface area contributed by atoms with Crippen LogP contribution in [0.25, 0.3) is 6.08 Å². The Labute approximate surface area is 187 Å². The van der Waals surface area contributed by atoms with E-state index in [1.54, 1.807) is 18.2 Å². The van der Waals surface area contributed by atoms with Crippen LogP contribution in [-0.4, -0.2) is 39.0 Å². The van der Waals surface area contributed by atoms with Crippen LogP contribution in [0.5, 0.6) is 11.5 Å². The predicted molar refractivity (Wildman–Crippen MR) is 127 cm³/mol. The van der Waals surface area contributed by atoms with Gasteiger partial charge in [0.15, 0.2) is 0 Å². The summed E-state index contributed by atoms with van der Waals surface area (Å²) in [5.41, 5.74) is 3.58. The van der Waals surface area contributed by atoms with Crippen molar-refractivity contribution < 1.29 is 29.5 Å². The third-order valence-electron chi connectivity index (χ3n) is 4.93. The molecular weight excluding hydrogens is 429 g/mol. The molecule has 0 aromatic heterocycles. The van der Waals surface area contributed by atoms with E-state index in [0.29, 0.717) is 0 Å². The van der Waals surface area contributed by atoms with Gasteiger partial charge >= 0.3 is 7.82 Å². The van der Waals surface area contributed by atoms with E-state index < -0.39 is 13.2 Å². The normalized spacial score (nSPS) is 13.2. The maximum absolute atomic E-state index is 10.2. The van der Waals surface area contributed by atoms with E-state index in [0.717, 1.165) is 22.4 Å². The molecule has 1 atom stereocenters. The molecule has 0 bridgehead atoms. The molecule has 0 saturated heterocycles. The van der Waals surface area contributed by atoms with E-state index in [-0.39, 0.29) is 11.5 Å². The Hall–Kier alpha value is -3.09. The molecule has 0 amide bonds. The Bertz CT molecular complexity index is 1080. The van der Waals surface area contributed by atoms with Crippen molar-refractivity contribution in [2.45, 2.75) is 12.3 Å². The minimum atomic E-state index is -4.64. The second-order valence-corrected chi connectivity index (χ2v) is 8.63. The highest BCUT2D eigenvalue weighted by atomic mass is 31.2. The van der Waals surface area contributed by atoms with E-state index in [1.165, 1.54) is 0 Å². The van der Waals surface area contributed by atoms with Crippen molar-refractivity contribution in [1.82, 2.24) is 0 Å². The first-order valence-corrected chi connectivity index (χ1v) is 11.3. The summed E-state index contributed by atoms with van der Waals surface area (Å²) < 4.78 is 8.88. The summed E-state index contributed by atoms with van der Waals surface area (Å²) in [6.45, 7) is 2.14. The van der Waals surface area contributed by atoms with Gasteiger partial charge in [0.1, 0.15) is 11.5 Å². The summed E-state index contributed by atoms with van der Waals surface area (Å²) >= 11 is 0. The highest BCUT2D eigenvalue weighted by Crippen LogP contribution is 2.39. The molecule has 0 aliphatic heterocycles. The molecule has 3 rings (SSSR count). The molecule has 8 heteroatoms. The van der Waals surface area contributed by atoms with E-state index >= 15 is 0 Å². The van der Waals surface area contributed by atoms with Gasteiger partial charge in [0.25, 0.3) is 0 Å². The molecule has 0 aliphatic rings.